The van der Waals surface area contributed by atoms with E-state index >= 15 is 0 Å². The van der Waals surface area contributed by atoms with Gasteiger partial charge in [0, 0.05) is 18.8 Å². The number of hydrogen-bond acceptors (Lipinski definition) is 5. The van der Waals surface area contributed by atoms with Crippen molar-refractivity contribution in [2.75, 3.05) is 13.2 Å². The number of nitrogens with zero attached hydrogens (tertiary/aromatic N) is 2. The number of rotatable bonds is 6. The lowest BCUT2D eigenvalue weighted by atomic mass is 10.3. The van der Waals surface area contributed by atoms with E-state index in [-0.39, 0.29) is 24.9 Å². The molecule has 0 saturated heterocycles. The second-order valence-electron chi connectivity index (χ2n) is 4.00. The van der Waals surface area contributed by atoms with Gasteiger partial charge in [-0.05, 0) is 12.1 Å². The molecule has 100 valence electrons. The number of hydrogen-bond donors (Lipinski definition) is 2. The zero-order chi connectivity index (χ0) is 12.7. The van der Waals surface area contributed by atoms with Crippen molar-refractivity contribution in [1.82, 2.24) is 10.3 Å². The van der Waals surface area contributed by atoms with Gasteiger partial charge in [0.05, 0.1) is 0 Å². The fraction of sp³-hybridized carbons (Fsp3) is 0.500. The maximum Gasteiger partial charge on any atom is 0.231 e. The number of nitriles is 1. The molecule has 18 heavy (non-hydrogen) atoms. The van der Waals surface area contributed by atoms with Crippen LogP contribution in [0.5, 0.6) is 5.88 Å². The highest BCUT2D eigenvalue weighted by atomic mass is 35.5. The summed E-state index contributed by atoms with van der Waals surface area (Å²) in [5.74, 6) is 0.263. The second-order valence-corrected chi connectivity index (χ2v) is 4.00. The highest BCUT2D eigenvalue weighted by Crippen LogP contribution is 2.12. The van der Waals surface area contributed by atoms with Gasteiger partial charge in [0.1, 0.15) is 24.3 Å². The molecule has 1 aromatic rings. The van der Waals surface area contributed by atoms with Gasteiger partial charge in [-0.1, -0.05) is 13.8 Å². The van der Waals surface area contributed by atoms with E-state index in [1.54, 1.807) is 18.3 Å². The molecule has 0 spiro atoms. The van der Waals surface area contributed by atoms with Crippen LogP contribution >= 0.6 is 12.4 Å². The van der Waals surface area contributed by atoms with E-state index in [4.69, 9.17) is 10.00 Å². The summed E-state index contributed by atoms with van der Waals surface area (Å²) in [5.41, 5.74) is 0.372. The number of aliphatic hydroxyl groups is 1. The van der Waals surface area contributed by atoms with Crippen LogP contribution in [0, 0.1) is 11.3 Å². The third-order valence-corrected chi connectivity index (χ3v) is 2.07. The molecule has 1 rings (SSSR count). The first kappa shape index (κ1) is 16.6. The molecule has 5 nitrogen and oxygen atoms in total. The van der Waals surface area contributed by atoms with Crippen LogP contribution < -0.4 is 10.1 Å². The van der Waals surface area contributed by atoms with Gasteiger partial charge in [-0.25, -0.2) is 4.98 Å². The molecule has 0 saturated carbocycles. The van der Waals surface area contributed by atoms with Crippen LogP contribution in [0.3, 0.4) is 0 Å². The average molecular weight is 272 g/mol. The minimum atomic E-state index is -0.619. The number of halogens is 1. The molecule has 0 aliphatic heterocycles. The van der Waals surface area contributed by atoms with Gasteiger partial charge in [0.2, 0.25) is 5.88 Å². The third-order valence-electron chi connectivity index (χ3n) is 2.07. The fourth-order valence-corrected chi connectivity index (χ4v) is 1.20. The zero-order valence-corrected chi connectivity index (χ0v) is 11.3. The Hall–Kier alpha value is -1.35. The van der Waals surface area contributed by atoms with Crippen molar-refractivity contribution in [3.05, 3.63) is 23.9 Å². The summed E-state index contributed by atoms with van der Waals surface area (Å²) in [7, 11) is 0. The van der Waals surface area contributed by atoms with E-state index in [1.165, 1.54) is 0 Å². The normalized spacial score (nSPS) is 11.5. The molecule has 0 aliphatic carbocycles. The van der Waals surface area contributed by atoms with Crippen LogP contribution in [0.1, 0.15) is 19.4 Å². The number of aromatic nitrogens is 1. The molecule has 0 radical (unpaired) electrons. The van der Waals surface area contributed by atoms with Crippen molar-refractivity contribution in [3.8, 4) is 11.9 Å². The van der Waals surface area contributed by atoms with Crippen molar-refractivity contribution in [2.45, 2.75) is 26.0 Å². The molecule has 1 unspecified atom stereocenters. The molecule has 0 aliphatic rings. The number of nitrogens with one attached hydrogen (secondary N) is 1. The van der Waals surface area contributed by atoms with E-state index in [9.17, 15) is 5.11 Å². The second kappa shape index (κ2) is 8.70. The molecule has 0 aromatic carbocycles. The Balaban J connectivity index is 0.00000289. The van der Waals surface area contributed by atoms with E-state index in [0.29, 0.717) is 18.2 Å². The van der Waals surface area contributed by atoms with Gasteiger partial charge in [-0.3, -0.25) is 0 Å². The van der Waals surface area contributed by atoms with Crippen molar-refractivity contribution in [2.24, 2.45) is 0 Å². The molecule has 1 atom stereocenters. The highest BCUT2D eigenvalue weighted by molar-refractivity contribution is 5.85. The Bertz CT molecular complexity index is 393. The minimum absolute atomic E-state index is 0. The van der Waals surface area contributed by atoms with Gasteiger partial charge >= 0.3 is 0 Å². The molecule has 1 heterocycles. The van der Waals surface area contributed by atoms with Crippen LogP contribution in [-0.2, 0) is 0 Å². The van der Waals surface area contributed by atoms with E-state index in [0.717, 1.165) is 0 Å². The fourth-order valence-electron chi connectivity index (χ4n) is 1.20. The smallest absolute Gasteiger partial charge is 0.231 e. The summed E-state index contributed by atoms with van der Waals surface area (Å²) in [5, 5.41) is 21.5. The minimum Gasteiger partial charge on any atom is -0.474 e. The summed E-state index contributed by atoms with van der Waals surface area (Å²) in [6.07, 6.45) is 0.931. The first-order valence-electron chi connectivity index (χ1n) is 5.53. The molecular weight excluding hydrogens is 254 g/mol. The van der Waals surface area contributed by atoms with Crippen LogP contribution in [0.15, 0.2) is 18.3 Å². The Morgan fingerprint density at radius 1 is 1.56 bits per heavy atom. The lowest BCUT2D eigenvalue weighted by molar-refractivity contribution is 0.102. The largest absolute Gasteiger partial charge is 0.474 e. The average Bonchev–Trinajstić information content (AvgIpc) is 2.34. The number of aliphatic hydroxyl groups excluding tert-OH is 1. The Labute approximate surface area is 113 Å². The summed E-state index contributed by atoms with van der Waals surface area (Å²) in [6, 6.07) is 5.59. The standard InChI is InChI=1S/C12H17N3O2.ClH/c1-9(2)15-7-11(16)8-17-12-10(6-13)4-3-5-14-12;/h3-5,9,11,15-16H,7-8H2,1-2H3;1H. The number of pyridine rings is 1. The molecule has 2 N–H and O–H groups in total. The summed E-state index contributed by atoms with van der Waals surface area (Å²) >= 11 is 0. The highest BCUT2D eigenvalue weighted by Gasteiger charge is 2.08. The molecule has 1 aromatic heterocycles. The molecular formula is C12H18ClN3O2. The van der Waals surface area contributed by atoms with Crippen molar-refractivity contribution < 1.29 is 9.84 Å². The van der Waals surface area contributed by atoms with Gasteiger partial charge < -0.3 is 15.2 Å². The monoisotopic (exact) mass is 271 g/mol. The molecule has 0 fully saturated rings. The Morgan fingerprint density at radius 3 is 2.89 bits per heavy atom. The van der Waals surface area contributed by atoms with Gasteiger partial charge in [0.25, 0.3) is 0 Å². The predicted octanol–water partition coefficient (Wildman–Crippen LogP) is 1.11. The summed E-state index contributed by atoms with van der Waals surface area (Å²) in [4.78, 5) is 3.94. The van der Waals surface area contributed by atoms with Crippen LogP contribution in [0.2, 0.25) is 0 Å². The number of ether oxygens (including phenoxy) is 1. The Kier molecular flexibility index (Phi) is 8.05. The van der Waals surface area contributed by atoms with E-state index < -0.39 is 6.10 Å². The van der Waals surface area contributed by atoms with Crippen molar-refractivity contribution >= 4 is 12.4 Å². The topological polar surface area (TPSA) is 78.2 Å². The maximum atomic E-state index is 9.62. The Morgan fingerprint density at radius 2 is 2.28 bits per heavy atom. The molecule has 6 heteroatoms. The summed E-state index contributed by atoms with van der Waals surface area (Å²) < 4.78 is 5.30. The third kappa shape index (κ3) is 5.82. The lowest BCUT2D eigenvalue weighted by Gasteiger charge is -2.14. The van der Waals surface area contributed by atoms with Crippen LogP contribution in [0.25, 0.3) is 0 Å². The zero-order valence-electron chi connectivity index (χ0n) is 10.5. The lowest BCUT2D eigenvalue weighted by Crippen LogP contribution is -2.35. The molecule has 0 amide bonds. The van der Waals surface area contributed by atoms with E-state index in [1.807, 2.05) is 19.9 Å². The first-order chi connectivity index (χ1) is 8.13. The van der Waals surface area contributed by atoms with Crippen LogP contribution in [0.4, 0.5) is 0 Å². The van der Waals surface area contributed by atoms with Crippen molar-refractivity contribution in [1.29, 1.82) is 5.26 Å². The quantitative estimate of drug-likeness (QED) is 0.810. The van der Waals surface area contributed by atoms with Gasteiger partial charge in [0.15, 0.2) is 0 Å². The van der Waals surface area contributed by atoms with Crippen LogP contribution in [-0.4, -0.2) is 35.4 Å². The first-order valence-corrected chi connectivity index (χ1v) is 5.53. The SMILES string of the molecule is CC(C)NCC(O)COc1ncccc1C#N.Cl. The van der Waals surface area contributed by atoms with Crippen molar-refractivity contribution in [3.63, 3.8) is 0 Å². The van der Waals surface area contributed by atoms with Gasteiger partial charge in [-0.15, -0.1) is 12.4 Å². The summed E-state index contributed by atoms with van der Waals surface area (Å²) in [6.45, 7) is 4.57. The maximum absolute atomic E-state index is 9.62. The predicted molar refractivity (Wildman–Crippen MR) is 70.8 cm³/mol. The molecule has 0 bridgehead atoms. The van der Waals surface area contributed by atoms with E-state index in [2.05, 4.69) is 10.3 Å². The van der Waals surface area contributed by atoms with Gasteiger partial charge in [-0.2, -0.15) is 5.26 Å².